The monoisotopic (exact) mass is 242 g/mol. The minimum atomic E-state index is 0.200. The lowest BCUT2D eigenvalue weighted by Crippen LogP contribution is -2.37. The van der Waals surface area contributed by atoms with Crippen molar-refractivity contribution in [3.8, 4) is 0 Å². The lowest BCUT2D eigenvalue weighted by atomic mass is 10.0. The number of halogens is 1. The molecule has 4 heteroatoms. The number of rotatable bonds is 7. The number of nitrogens with one attached hydrogen (secondary N) is 1. The van der Waals surface area contributed by atoms with Crippen LogP contribution in [0.1, 0.15) is 18.9 Å². The van der Waals surface area contributed by atoms with Crippen LogP contribution in [0, 0.1) is 0 Å². The summed E-state index contributed by atoms with van der Waals surface area (Å²) in [4.78, 5) is 0. The van der Waals surface area contributed by atoms with E-state index in [1.54, 1.807) is 0 Å². The van der Waals surface area contributed by atoms with Crippen molar-refractivity contribution >= 4 is 11.6 Å². The van der Waals surface area contributed by atoms with Crippen molar-refractivity contribution in [1.29, 1.82) is 0 Å². The van der Waals surface area contributed by atoms with Crippen molar-refractivity contribution in [3.63, 3.8) is 0 Å². The number of nitrogens with two attached hydrogens (primary N) is 1. The molecule has 16 heavy (non-hydrogen) atoms. The predicted molar refractivity (Wildman–Crippen MR) is 67.4 cm³/mol. The molecule has 0 aliphatic rings. The topological polar surface area (TPSA) is 47.3 Å². The molecule has 3 N–H and O–H groups in total. The van der Waals surface area contributed by atoms with Gasteiger partial charge in [0.25, 0.3) is 0 Å². The molecule has 0 saturated carbocycles. The third-order valence-corrected chi connectivity index (χ3v) is 2.84. The van der Waals surface area contributed by atoms with E-state index in [2.05, 4.69) is 5.43 Å². The molecule has 0 fully saturated rings. The SMILES string of the molecule is CCOCCC(Cc1ccccc1Cl)NN. The lowest BCUT2D eigenvalue weighted by molar-refractivity contribution is 0.136. The number of hydrogen-bond acceptors (Lipinski definition) is 3. The van der Waals surface area contributed by atoms with Crippen molar-refractivity contribution in [2.24, 2.45) is 5.84 Å². The van der Waals surface area contributed by atoms with Gasteiger partial charge in [0.05, 0.1) is 0 Å². The van der Waals surface area contributed by atoms with Crippen LogP contribution in [0.3, 0.4) is 0 Å². The first-order valence-corrected chi connectivity index (χ1v) is 5.93. The van der Waals surface area contributed by atoms with E-state index < -0.39 is 0 Å². The standard InChI is InChI=1S/C12H19ClN2O/c1-2-16-8-7-11(15-14)9-10-5-3-4-6-12(10)13/h3-6,11,15H,2,7-9,14H2,1H3. The average Bonchev–Trinajstić information content (AvgIpc) is 2.30. The van der Waals surface area contributed by atoms with Crippen molar-refractivity contribution in [1.82, 2.24) is 5.43 Å². The molecular weight excluding hydrogens is 224 g/mol. The summed E-state index contributed by atoms with van der Waals surface area (Å²) in [6.07, 6.45) is 1.71. The third kappa shape index (κ3) is 4.49. The average molecular weight is 243 g/mol. The van der Waals surface area contributed by atoms with Crippen LogP contribution in [0.25, 0.3) is 0 Å². The third-order valence-electron chi connectivity index (χ3n) is 2.47. The fourth-order valence-electron chi connectivity index (χ4n) is 1.54. The molecule has 0 aromatic heterocycles. The highest BCUT2D eigenvalue weighted by molar-refractivity contribution is 6.31. The van der Waals surface area contributed by atoms with Crippen LogP contribution in [0.2, 0.25) is 5.02 Å². The molecule has 0 aliphatic carbocycles. The maximum absolute atomic E-state index is 6.09. The van der Waals surface area contributed by atoms with E-state index in [9.17, 15) is 0 Å². The minimum Gasteiger partial charge on any atom is -0.382 e. The van der Waals surface area contributed by atoms with E-state index in [0.717, 1.165) is 36.6 Å². The van der Waals surface area contributed by atoms with Gasteiger partial charge in [0.15, 0.2) is 0 Å². The fraction of sp³-hybridized carbons (Fsp3) is 0.500. The first-order valence-electron chi connectivity index (χ1n) is 5.55. The molecule has 0 radical (unpaired) electrons. The highest BCUT2D eigenvalue weighted by Crippen LogP contribution is 2.17. The molecular formula is C12H19ClN2O. The second-order valence-electron chi connectivity index (χ2n) is 3.64. The second kappa shape index (κ2) is 7.63. The molecule has 0 heterocycles. The summed E-state index contributed by atoms with van der Waals surface area (Å²) in [6.45, 7) is 3.44. The Labute approximate surface area is 102 Å². The first-order chi connectivity index (χ1) is 7.77. The van der Waals surface area contributed by atoms with Crippen LogP contribution < -0.4 is 11.3 Å². The zero-order valence-electron chi connectivity index (χ0n) is 9.58. The summed E-state index contributed by atoms with van der Waals surface area (Å²) < 4.78 is 5.31. The molecule has 1 atom stereocenters. The van der Waals surface area contributed by atoms with E-state index in [4.69, 9.17) is 22.2 Å². The Hall–Kier alpha value is -0.610. The van der Waals surface area contributed by atoms with E-state index in [-0.39, 0.29) is 6.04 Å². The van der Waals surface area contributed by atoms with Crippen molar-refractivity contribution in [3.05, 3.63) is 34.9 Å². The molecule has 1 rings (SSSR count). The van der Waals surface area contributed by atoms with Crippen LogP contribution in [0.4, 0.5) is 0 Å². The summed E-state index contributed by atoms with van der Waals surface area (Å²) >= 11 is 6.09. The van der Waals surface area contributed by atoms with Gasteiger partial charge in [-0.3, -0.25) is 11.3 Å². The molecule has 1 aromatic carbocycles. The van der Waals surface area contributed by atoms with Crippen LogP contribution in [-0.4, -0.2) is 19.3 Å². The summed E-state index contributed by atoms with van der Waals surface area (Å²) in [7, 11) is 0. The van der Waals surface area contributed by atoms with Crippen molar-refractivity contribution < 1.29 is 4.74 Å². The zero-order chi connectivity index (χ0) is 11.8. The molecule has 1 unspecified atom stereocenters. The van der Waals surface area contributed by atoms with Crippen LogP contribution >= 0.6 is 11.6 Å². The highest BCUT2D eigenvalue weighted by Gasteiger charge is 2.09. The van der Waals surface area contributed by atoms with Gasteiger partial charge >= 0.3 is 0 Å². The summed E-state index contributed by atoms with van der Waals surface area (Å²) in [5.41, 5.74) is 3.91. The smallest absolute Gasteiger partial charge is 0.0481 e. The van der Waals surface area contributed by atoms with Gasteiger partial charge in [0, 0.05) is 24.3 Å². The predicted octanol–water partition coefficient (Wildman–Crippen LogP) is 2.14. The number of hydrogen-bond donors (Lipinski definition) is 2. The van der Waals surface area contributed by atoms with Crippen LogP contribution in [-0.2, 0) is 11.2 Å². The first kappa shape index (κ1) is 13.5. The molecule has 0 amide bonds. The summed E-state index contributed by atoms with van der Waals surface area (Å²) in [5, 5.41) is 0.791. The van der Waals surface area contributed by atoms with Crippen molar-refractivity contribution in [2.45, 2.75) is 25.8 Å². The Morgan fingerprint density at radius 2 is 2.19 bits per heavy atom. The Kier molecular flexibility index (Phi) is 6.42. The number of benzene rings is 1. The normalized spacial score (nSPS) is 12.7. The molecule has 0 spiro atoms. The lowest BCUT2D eigenvalue weighted by Gasteiger charge is -2.16. The van der Waals surface area contributed by atoms with Gasteiger partial charge in [-0.2, -0.15) is 0 Å². The number of ether oxygens (including phenoxy) is 1. The maximum Gasteiger partial charge on any atom is 0.0481 e. The Morgan fingerprint density at radius 3 is 2.81 bits per heavy atom. The van der Waals surface area contributed by atoms with Gasteiger partial charge in [-0.15, -0.1) is 0 Å². The molecule has 0 aliphatic heterocycles. The van der Waals surface area contributed by atoms with Gasteiger partial charge in [0.2, 0.25) is 0 Å². The Bertz CT molecular complexity index is 307. The van der Waals surface area contributed by atoms with Crippen LogP contribution in [0.15, 0.2) is 24.3 Å². The quantitative estimate of drug-likeness (QED) is 0.438. The van der Waals surface area contributed by atoms with Gasteiger partial charge in [-0.05, 0) is 31.4 Å². The molecule has 1 aromatic rings. The molecule has 3 nitrogen and oxygen atoms in total. The van der Waals surface area contributed by atoms with Crippen LogP contribution in [0.5, 0.6) is 0 Å². The minimum absolute atomic E-state index is 0.200. The van der Waals surface area contributed by atoms with E-state index in [1.807, 2.05) is 31.2 Å². The van der Waals surface area contributed by atoms with Gasteiger partial charge in [0.1, 0.15) is 0 Å². The van der Waals surface area contributed by atoms with Gasteiger partial charge in [-0.1, -0.05) is 29.8 Å². The molecule has 90 valence electrons. The van der Waals surface area contributed by atoms with Gasteiger partial charge < -0.3 is 4.74 Å². The van der Waals surface area contributed by atoms with Gasteiger partial charge in [-0.25, -0.2) is 0 Å². The van der Waals surface area contributed by atoms with Crippen molar-refractivity contribution in [2.75, 3.05) is 13.2 Å². The fourth-order valence-corrected chi connectivity index (χ4v) is 1.76. The van der Waals surface area contributed by atoms with E-state index in [0.29, 0.717) is 0 Å². The number of hydrazine groups is 1. The maximum atomic E-state index is 6.09. The summed E-state index contributed by atoms with van der Waals surface area (Å²) in [6, 6.07) is 8.03. The molecule has 0 bridgehead atoms. The second-order valence-corrected chi connectivity index (χ2v) is 4.05. The Balaban J connectivity index is 2.46. The zero-order valence-corrected chi connectivity index (χ0v) is 10.3. The van der Waals surface area contributed by atoms with E-state index in [1.165, 1.54) is 0 Å². The highest BCUT2D eigenvalue weighted by atomic mass is 35.5. The largest absolute Gasteiger partial charge is 0.382 e. The molecule has 0 saturated heterocycles. The van der Waals surface area contributed by atoms with E-state index >= 15 is 0 Å². The summed E-state index contributed by atoms with van der Waals surface area (Å²) in [5.74, 6) is 5.50. The Morgan fingerprint density at radius 1 is 1.44 bits per heavy atom.